The number of hydrogen-bond donors (Lipinski definition) is 4. The second-order valence-corrected chi connectivity index (χ2v) is 11.5. The molecule has 5 rings (SSSR count). The first-order valence-corrected chi connectivity index (χ1v) is 14.0. The molecule has 1 aliphatic heterocycles. The normalized spacial score (nSPS) is 28.1. The number of guanidine groups is 1. The van der Waals surface area contributed by atoms with Crippen molar-refractivity contribution in [1.29, 1.82) is 5.41 Å². The van der Waals surface area contributed by atoms with Crippen LogP contribution in [0.2, 0.25) is 0 Å². The predicted molar refractivity (Wildman–Crippen MR) is 143 cm³/mol. The zero-order valence-electron chi connectivity index (χ0n) is 21.4. The van der Waals surface area contributed by atoms with E-state index in [1.807, 2.05) is 0 Å². The monoisotopic (exact) mass is 477 g/mol. The lowest BCUT2D eigenvalue weighted by Crippen LogP contribution is -2.50. The number of nitrogens with zero attached hydrogens (tertiary/aromatic N) is 1. The number of para-hydroxylation sites is 1. The Morgan fingerprint density at radius 2 is 1.89 bits per heavy atom. The molecule has 2 heterocycles. The molecule has 4 N–H and O–H groups in total. The molecule has 2 saturated carbocycles. The highest BCUT2D eigenvalue weighted by molar-refractivity contribution is 6.07. The molecule has 3 fully saturated rings. The van der Waals surface area contributed by atoms with E-state index in [9.17, 15) is 4.79 Å². The fraction of sp³-hybridized carbons (Fsp3) is 0.655. The second kappa shape index (κ2) is 10.7. The molecule has 0 bridgehead atoms. The Labute approximate surface area is 210 Å². The van der Waals surface area contributed by atoms with Gasteiger partial charge in [0.2, 0.25) is 0 Å². The average molecular weight is 478 g/mol. The maximum Gasteiger partial charge on any atom is 0.254 e. The predicted octanol–water partition coefficient (Wildman–Crippen LogP) is 5.34. The minimum absolute atomic E-state index is 0.118. The fourth-order valence-corrected chi connectivity index (χ4v) is 7.03. The lowest BCUT2D eigenvalue weighted by molar-refractivity contribution is -0.131. The van der Waals surface area contributed by atoms with Gasteiger partial charge in [-0.25, -0.2) is 0 Å². The number of rotatable bonds is 9. The summed E-state index contributed by atoms with van der Waals surface area (Å²) >= 11 is 0. The number of amides is 1. The van der Waals surface area contributed by atoms with E-state index in [0.29, 0.717) is 12.0 Å². The average Bonchev–Trinajstić information content (AvgIpc) is 3.38. The Kier molecular flexibility index (Phi) is 7.47. The van der Waals surface area contributed by atoms with Crippen LogP contribution >= 0.6 is 0 Å². The van der Waals surface area contributed by atoms with Crippen molar-refractivity contribution in [2.45, 2.75) is 95.1 Å². The van der Waals surface area contributed by atoms with Crippen LogP contribution in [0.4, 0.5) is 0 Å². The SMILES string of the molecule is CN1C(=N)N[C@](CCC2CCCCC2)(C[C@H]2CCC[C@H](NCCc3c[nH]c4ccccc34)C2)C1=O. The molecule has 0 unspecified atom stereocenters. The number of aromatic amines is 1. The van der Waals surface area contributed by atoms with Gasteiger partial charge in [0, 0.05) is 30.2 Å². The number of aromatic nitrogens is 1. The maximum absolute atomic E-state index is 13.4. The van der Waals surface area contributed by atoms with Gasteiger partial charge in [0.15, 0.2) is 5.96 Å². The molecule has 1 aromatic carbocycles. The number of H-pyrrole nitrogens is 1. The number of nitrogens with one attached hydrogen (secondary N) is 4. The van der Waals surface area contributed by atoms with Gasteiger partial charge in [-0.3, -0.25) is 15.1 Å². The number of carbonyl (C=O) groups is 1. The fourth-order valence-electron chi connectivity index (χ4n) is 7.03. The number of benzene rings is 1. The maximum atomic E-state index is 13.4. The van der Waals surface area contributed by atoms with Crippen molar-refractivity contribution in [1.82, 2.24) is 20.5 Å². The van der Waals surface area contributed by atoms with Gasteiger partial charge in [0.1, 0.15) is 5.54 Å². The Morgan fingerprint density at radius 1 is 1.09 bits per heavy atom. The Hall–Kier alpha value is -2.34. The minimum Gasteiger partial charge on any atom is -0.361 e. The summed E-state index contributed by atoms with van der Waals surface area (Å²) in [5, 5.41) is 16.9. The van der Waals surface area contributed by atoms with Gasteiger partial charge in [-0.15, -0.1) is 0 Å². The van der Waals surface area contributed by atoms with Crippen molar-refractivity contribution in [2.75, 3.05) is 13.6 Å². The third-order valence-electron chi connectivity index (χ3n) is 9.03. The van der Waals surface area contributed by atoms with Crippen LogP contribution < -0.4 is 10.6 Å². The summed E-state index contributed by atoms with van der Waals surface area (Å²) < 4.78 is 0. The van der Waals surface area contributed by atoms with Crippen LogP contribution in [-0.4, -0.2) is 46.9 Å². The van der Waals surface area contributed by atoms with Crippen LogP contribution in [0, 0.1) is 17.2 Å². The summed E-state index contributed by atoms with van der Waals surface area (Å²) in [6, 6.07) is 9.04. The van der Waals surface area contributed by atoms with E-state index in [4.69, 9.17) is 5.41 Å². The summed E-state index contributed by atoms with van der Waals surface area (Å²) in [6.07, 6.45) is 17.4. The molecule has 190 valence electrons. The molecule has 3 aliphatic rings. The first-order chi connectivity index (χ1) is 17.0. The van der Waals surface area contributed by atoms with Gasteiger partial charge in [-0.05, 0) is 68.5 Å². The van der Waals surface area contributed by atoms with Crippen molar-refractivity contribution >= 4 is 22.8 Å². The number of carbonyl (C=O) groups excluding carboxylic acids is 1. The molecule has 0 radical (unpaired) electrons. The van der Waals surface area contributed by atoms with E-state index in [2.05, 4.69) is 46.1 Å². The largest absolute Gasteiger partial charge is 0.361 e. The molecular weight excluding hydrogens is 434 g/mol. The Bertz CT molecular complexity index is 1030. The van der Waals surface area contributed by atoms with E-state index < -0.39 is 5.54 Å². The molecule has 6 nitrogen and oxygen atoms in total. The van der Waals surface area contributed by atoms with Crippen molar-refractivity contribution in [3.8, 4) is 0 Å². The topological polar surface area (TPSA) is 84.0 Å². The molecule has 1 saturated heterocycles. The number of fused-ring (bicyclic) bond motifs is 1. The van der Waals surface area contributed by atoms with Crippen LogP contribution in [0.25, 0.3) is 10.9 Å². The summed E-state index contributed by atoms with van der Waals surface area (Å²) in [7, 11) is 1.76. The van der Waals surface area contributed by atoms with E-state index in [1.54, 1.807) is 11.9 Å². The third kappa shape index (κ3) is 5.42. The second-order valence-electron chi connectivity index (χ2n) is 11.5. The highest BCUT2D eigenvalue weighted by Gasteiger charge is 2.49. The van der Waals surface area contributed by atoms with Gasteiger partial charge in [0.05, 0.1) is 0 Å². The van der Waals surface area contributed by atoms with Crippen LogP contribution in [0.3, 0.4) is 0 Å². The molecule has 2 aromatic rings. The lowest BCUT2D eigenvalue weighted by Gasteiger charge is -2.37. The van der Waals surface area contributed by atoms with Gasteiger partial charge >= 0.3 is 0 Å². The van der Waals surface area contributed by atoms with Gasteiger partial charge in [-0.2, -0.15) is 0 Å². The first kappa shape index (κ1) is 24.4. The molecule has 6 heteroatoms. The van der Waals surface area contributed by atoms with Crippen LogP contribution in [-0.2, 0) is 11.2 Å². The molecule has 1 aromatic heterocycles. The van der Waals surface area contributed by atoms with Crippen LogP contribution in [0.5, 0.6) is 0 Å². The standard InChI is InChI=1S/C29H43N5O/c1-34-27(35)29(33-28(34)30,16-14-21-8-3-2-4-9-21)19-22-10-7-11-24(18-22)31-17-15-23-20-32-26-13-6-5-12-25(23)26/h5-6,12-13,20-22,24,31-32H,2-4,7-11,14-19H2,1H3,(H2,30,33)/t22-,24-,29+/m0/s1. The van der Waals surface area contributed by atoms with E-state index >= 15 is 0 Å². The Morgan fingerprint density at radius 3 is 2.69 bits per heavy atom. The van der Waals surface area contributed by atoms with E-state index in [-0.39, 0.29) is 11.9 Å². The summed E-state index contributed by atoms with van der Waals surface area (Å²) in [5.74, 6) is 1.67. The molecular formula is C29H43N5O. The Balaban J connectivity index is 1.17. The van der Waals surface area contributed by atoms with Crippen LogP contribution in [0.15, 0.2) is 30.5 Å². The molecule has 3 atom stereocenters. The van der Waals surface area contributed by atoms with Gasteiger partial charge in [0.25, 0.3) is 5.91 Å². The zero-order valence-corrected chi connectivity index (χ0v) is 21.4. The molecule has 35 heavy (non-hydrogen) atoms. The summed E-state index contributed by atoms with van der Waals surface area (Å²) in [6.45, 7) is 0.983. The smallest absolute Gasteiger partial charge is 0.254 e. The highest BCUT2D eigenvalue weighted by atomic mass is 16.2. The quantitative estimate of drug-likeness (QED) is 0.393. The lowest BCUT2D eigenvalue weighted by atomic mass is 9.74. The van der Waals surface area contributed by atoms with Gasteiger partial charge in [-0.1, -0.05) is 63.1 Å². The van der Waals surface area contributed by atoms with Crippen molar-refractivity contribution in [2.24, 2.45) is 11.8 Å². The number of hydrogen-bond acceptors (Lipinski definition) is 3. The highest BCUT2D eigenvalue weighted by Crippen LogP contribution is 2.38. The van der Waals surface area contributed by atoms with Gasteiger partial charge < -0.3 is 15.6 Å². The first-order valence-electron chi connectivity index (χ1n) is 14.0. The summed E-state index contributed by atoms with van der Waals surface area (Å²) in [5.41, 5.74) is 2.02. The number of likely N-dealkylation sites (N-methyl/N-ethyl adjacent to an activating group) is 1. The van der Waals surface area contributed by atoms with Crippen molar-refractivity contribution in [3.63, 3.8) is 0 Å². The minimum atomic E-state index is -0.570. The van der Waals surface area contributed by atoms with E-state index in [0.717, 1.165) is 44.6 Å². The zero-order chi connectivity index (χ0) is 24.3. The summed E-state index contributed by atoms with van der Waals surface area (Å²) in [4.78, 5) is 18.3. The van der Waals surface area contributed by atoms with E-state index in [1.165, 1.54) is 67.8 Å². The van der Waals surface area contributed by atoms with Crippen molar-refractivity contribution < 1.29 is 4.79 Å². The molecule has 0 spiro atoms. The van der Waals surface area contributed by atoms with Crippen LogP contribution in [0.1, 0.15) is 82.6 Å². The molecule has 1 amide bonds. The molecule has 2 aliphatic carbocycles. The van der Waals surface area contributed by atoms with Crippen molar-refractivity contribution in [3.05, 3.63) is 36.0 Å². The third-order valence-corrected chi connectivity index (χ3v) is 9.03.